The topological polar surface area (TPSA) is 51.2 Å². The van der Waals surface area contributed by atoms with E-state index in [0.29, 0.717) is 34.3 Å². The summed E-state index contributed by atoms with van der Waals surface area (Å²) in [6, 6.07) is 12.7. The normalized spacial score (nSPS) is 12.8. The highest BCUT2D eigenvalue weighted by Crippen LogP contribution is 2.39. The van der Waals surface area contributed by atoms with Crippen LogP contribution in [0.1, 0.15) is 90.3 Å². The van der Waals surface area contributed by atoms with E-state index < -0.39 is 6.04 Å². The first-order valence-corrected chi connectivity index (χ1v) is 15.1. The van der Waals surface area contributed by atoms with E-state index in [0.717, 1.165) is 48.6 Å². The van der Waals surface area contributed by atoms with Gasteiger partial charge in [0.25, 0.3) is 0 Å². The van der Waals surface area contributed by atoms with Gasteiger partial charge in [0.05, 0.1) is 11.1 Å². The molecule has 0 fully saturated rings. The number of fused-ring (bicyclic) bond motifs is 1. The third kappa shape index (κ3) is 10.1. The molecule has 1 atom stereocenters. The minimum Gasteiger partial charge on any atom is -0.487 e. The fourth-order valence-corrected chi connectivity index (χ4v) is 5.12. The third-order valence-electron chi connectivity index (χ3n) is 6.88. The van der Waals surface area contributed by atoms with E-state index in [-0.39, 0.29) is 5.91 Å². The van der Waals surface area contributed by atoms with Gasteiger partial charge in [-0.05, 0) is 102 Å². The van der Waals surface area contributed by atoms with Crippen molar-refractivity contribution in [2.45, 2.75) is 79.2 Å². The number of pyridine rings is 1. The number of carbonyl (C=O) groups excluding carboxylic acids is 1. The summed E-state index contributed by atoms with van der Waals surface area (Å²) in [5.41, 5.74) is 6.30. The van der Waals surface area contributed by atoms with Crippen LogP contribution in [0.2, 0.25) is 10.0 Å². The van der Waals surface area contributed by atoms with Crippen LogP contribution in [0.25, 0.3) is 10.9 Å². The Bertz CT molecular complexity index is 1420. The molecular formula is C35H42Cl2N2O2. The highest BCUT2D eigenvalue weighted by Gasteiger charge is 2.24. The number of carbonyl (C=O) groups is 1. The summed E-state index contributed by atoms with van der Waals surface area (Å²) in [5, 5.41) is 5.11. The molecule has 3 aromatic rings. The zero-order valence-corrected chi connectivity index (χ0v) is 26.4. The van der Waals surface area contributed by atoms with Gasteiger partial charge in [-0.25, -0.2) is 0 Å². The highest BCUT2D eigenvalue weighted by molar-refractivity contribution is 6.35. The minimum absolute atomic E-state index is 0.0550. The van der Waals surface area contributed by atoms with E-state index in [1.54, 1.807) is 6.20 Å². The second kappa shape index (κ2) is 16.4. The molecule has 0 saturated carbocycles. The van der Waals surface area contributed by atoms with Crippen LogP contribution in [0.15, 0.2) is 83.6 Å². The molecule has 0 bridgehead atoms. The lowest BCUT2D eigenvalue weighted by molar-refractivity contribution is -0.121. The molecule has 1 unspecified atom stereocenters. The van der Waals surface area contributed by atoms with Crippen molar-refractivity contribution < 1.29 is 9.53 Å². The van der Waals surface area contributed by atoms with Gasteiger partial charge in [0.15, 0.2) is 5.75 Å². The standard InChI is InChI=1S/C35H42Cl2N2O2/c1-6-11-32(40)39-33(27-16-9-17-28(36)22-27)30-23-31(37)29-18-10-20-38-34(29)35(30)41-21-19-26(5)15-8-14-25(4)13-7-12-24(2)3/h9-10,12,14,16-20,22-23,33H,6-8,11,13,15,21H2,1-5H3,(H,39,40)/b25-14+,26-19+. The Kier molecular flexibility index (Phi) is 13.0. The molecule has 218 valence electrons. The van der Waals surface area contributed by atoms with E-state index in [1.165, 1.54) is 16.7 Å². The summed E-state index contributed by atoms with van der Waals surface area (Å²) in [5.74, 6) is 0.548. The Morgan fingerprint density at radius 2 is 1.68 bits per heavy atom. The first kappa shape index (κ1) is 32.4. The van der Waals surface area contributed by atoms with E-state index in [9.17, 15) is 4.79 Å². The van der Waals surface area contributed by atoms with Crippen LogP contribution >= 0.6 is 23.2 Å². The van der Waals surface area contributed by atoms with Crippen molar-refractivity contribution in [3.05, 3.63) is 105 Å². The van der Waals surface area contributed by atoms with Gasteiger partial charge >= 0.3 is 0 Å². The number of halogens is 2. The molecule has 41 heavy (non-hydrogen) atoms. The van der Waals surface area contributed by atoms with Crippen molar-refractivity contribution in [2.24, 2.45) is 0 Å². The summed E-state index contributed by atoms with van der Waals surface area (Å²) in [6.07, 6.45) is 13.8. The molecule has 3 rings (SSSR count). The summed E-state index contributed by atoms with van der Waals surface area (Å²) in [4.78, 5) is 17.5. The van der Waals surface area contributed by atoms with Gasteiger partial charge < -0.3 is 10.1 Å². The lowest BCUT2D eigenvalue weighted by atomic mass is 9.95. The smallest absolute Gasteiger partial charge is 0.220 e. The second-order valence-corrected chi connectivity index (χ2v) is 11.6. The lowest BCUT2D eigenvalue weighted by Crippen LogP contribution is -2.29. The third-order valence-corrected chi connectivity index (χ3v) is 7.43. The van der Waals surface area contributed by atoms with Crippen molar-refractivity contribution in [3.63, 3.8) is 0 Å². The van der Waals surface area contributed by atoms with Crippen LogP contribution in [0.3, 0.4) is 0 Å². The molecule has 0 aliphatic heterocycles. The van der Waals surface area contributed by atoms with Crippen LogP contribution in [-0.2, 0) is 4.79 Å². The van der Waals surface area contributed by atoms with Crippen LogP contribution < -0.4 is 10.1 Å². The maximum absolute atomic E-state index is 12.8. The highest BCUT2D eigenvalue weighted by atomic mass is 35.5. The van der Waals surface area contributed by atoms with Crippen molar-refractivity contribution >= 4 is 40.0 Å². The summed E-state index contributed by atoms with van der Waals surface area (Å²) in [7, 11) is 0. The molecule has 4 nitrogen and oxygen atoms in total. The Labute approximate surface area is 255 Å². The van der Waals surface area contributed by atoms with Crippen molar-refractivity contribution in [2.75, 3.05) is 6.61 Å². The number of hydrogen-bond donors (Lipinski definition) is 1. The fourth-order valence-electron chi connectivity index (χ4n) is 4.65. The predicted molar refractivity (Wildman–Crippen MR) is 174 cm³/mol. The molecule has 1 heterocycles. The quantitative estimate of drug-likeness (QED) is 0.189. The van der Waals surface area contributed by atoms with Crippen molar-refractivity contribution in [1.82, 2.24) is 10.3 Å². The largest absolute Gasteiger partial charge is 0.487 e. The molecule has 0 saturated heterocycles. The van der Waals surface area contributed by atoms with Crippen LogP contribution in [0.5, 0.6) is 5.75 Å². The van der Waals surface area contributed by atoms with Crippen molar-refractivity contribution in [3.8, 4) is 5.75 Å². The van der Waals surface area contributed by atoms with Crippen LogP contribution in [0.4, 0.5) is 0 Å². The molecule has 2 aromatic carbocycles. The first-order chi connectivity index (χ1) is 19.7. The van der Waals surface area contributed by atoms with E-state index in [2.05, 4.69) is 56.2 Å². The molecule has 0 aliphatic rings. The molecule has 0 aliphatic carbocycles. The van der Waals surface area contributed by atoms with E-state index >= 15 is 0 Å². The number of rotatable bonds is 14. The zero-order valence-electron chi connectivity index (χ0n) is 24.9. The Hall–Kier alpha value is -3.08. The molecule has 0 spiro atoms. The Balaban J connectivity index is 1.88. The number of aromatic nitrogens is 1. The van der Waals surface area contributed by atoms with Crippen LogP contribution in [0, 0.1) is 0 Å². The van der Waals surface area contributed by atoms with Crippen molar-refractivity contribution in [1.29, 1.82) is 0 Å². The number of benzene rings is 2. The number of allylic oxidation sites excluding steroid dienone is 5. The molecule has 0 radical (unpaired) electrons. The molecule has 6 heteroatoms. The molecular weight excluding hydrogens is 551 g/mol. The first-order valence-electron chi connectivity index (χ1n) is 14.4. The molecule has 1 amide bonds. The maximum Gasteiger partial charge on any atom is 0.220 e. The maximum atomic E-state index is 12.8. The number of amides is 1. The minimum atomic E-state index is -0.504. The van der Waals surface area contributed by atoms with Gasteiger partial charge in [-0.3, -0.25) is 9.78 Å². The monoisotopic (exact) mass is 592 g/mol. The fraction of sp³-hybridized carbons (Fsp3) is 0.371. The molecule has 1 N–H and O–H groups in total. The van der Waals surface area contributed by atoms with Gasteiger partial charge in [-0.15, -0.1) is 0 Å². The van der Waals surface area contributed by atoms with Gasteiger partial charge in [0.2, 0.25) is 5.91 Å². The number of nitrogens with zero attached hydrogens (tertiary/aromatic N) is 1. The van der Waals surface area contributed by atoms with Gasteiger partial charge in [0.1, 0.15) is 12.1 Å². The summed E-state index contributed by atoms with van der Waals surface area (Å²) < 4.78 is 6.45. The van der Waals surface area contributed by atoms with E-state index in [4.69, 9.17) is 27.9 Å². The van der Waals surface area contributed by atoms with Gasteiger partial charge in [-0.1, -0.05) is 71.1 Å². The van der Waals surface area contributed by atoms with E-state index in [1.807, 2.05) is 49.4 Å². The summed E-state index contributed by atoms with van der Waals surface area (Å²) >= 11 is 13.1. The number of hydrogen-bond acceptors (Lipinski definition) is 3. The number of ether oxygens (including phenoxy) is 1. The molecule has 1 aromatic heterocycles. The average Bonchev–Trinajstić information content (AvgIpc) is 2.93. The Morgan fingerprint density at radius 1 is 0.951 bits per heavy atom. The average molecular weight is 594 g/mol. The zero-order chi connectivity index (χ0) is 29.8. The summed E-state index contributed by atoms with van der Waals surface area (Å²) in [6.45, 7) is 11.0. The predicted octanol–water partition coefficient (Wildman–Crippen LogP) is 10.3. The number of nitrogens with one attached hydrogen (secondary N) is 1. The van der Waals surface area contributed by atoms with Gasteiger partial charge in [-0.2, -0.15) is 0 Å². The Morgan fingerprint density at radius 3 is 2.39 bits per heavy atom. The lowest BCUT2D eigenvalue weighted by Gasteiger charge is -2.24. The van der Waals surface area contributed by atoms with Crippen LogP contribution in [-0.4, -0.2) is 17.5 Å². The second-order valence-electron chi connectivity index (χ2n) is 10.8. The van der Waals surface area contributed by atoms with Gasteiger partial charge in [0, 0.05) is 28.6 Å². The SMILES string of the molecule is CCCC(=O)NC(c1cccc(Cl)c1)c1cc(Cl)c2cccnc2c1OC/C=C(\C)CC/C=C(\C)CCC=C(C)C.